The molecule has 3 heterocycles. The van der Waals surface area contributed by atoms with E-state index in [0.29, 0.717) is 27.4 Å². The predicted octanol–water partition coefficient (Wildman–Crippen LogP) is 3.56. The van der Waals surface area contributed by atoms with E-state index in [0.717, 1.165) is 27.0 Å². The minimum absolute atomic E-state index is 0.0405. The van der Waals surface area contributed by atoms with E-state index in [1.165, 1.54) is 34.9 Å². The number of esters is 1. The van der Waals surface area contributed by atoms with Crippen molar-refractivity contribution >= 4 is 72.1 Å². The number of hydrogen-bond acceptors (Lipinski definition) is 9. The van der Waals surface area contributed by atoms with Gasteiger partial charge in [0.2, 0.25) is 0 Å². The Bertz CT molecular complexity index is 1510. The van der Waals surface area contributed by atoms with E-state index in [1.807, 2.05) is 0 Å². The molecule has 1 amide bonds. The van der Waals surface area contributed by atoms with Gasteiger partial charge in [-0.3, -0.25) is 19.7 Å². The second kappa shape index (κ2) is 10.8. The Morgan fingerprint density at radius 1 is 1.25 bits per heavy atom. The summed E-state index contributed by atoms with van der Waals surface area (Å²) in [6.07, 6.45) is 1.52. The van der Waals surface area contributed by atoms with Crippen LogP contribution < -0.4 is 4.80 Å². The highest BCUT2D eigenvalue weighted by molar-refractivity contribution is 7.91. The van der Waals surface area contributed by atoms with Crippen LogP contribution in [0.25, 0.3) is 10.2 Å². The van der Waals surface area contributed by atoms with E-state index in [1.54, 1.807) is 6.92 Å². The van der Waals surface area contributed by atoms with Gasteiger partial charge in [-0.25, -0.2) is 8.42 Å². The standard InChI is InChI=1S/C21H21ClN4O7S3/c1-2-33-18(27)12-24-14-7-6-13(26(29)30)11-16(14)34-21(24)23-20(28)15-5-3-4-10-25(15)36(31,32)19-9-8-17(22)35-19/h6-9,11,15H,2-5,10,12H2,1H3. The van der Waals surface area contributed by atoms with Crippen molar-refractivity contribution in [2.75, 3.05) is 13.2 Å². The maximum Gasteiger partial charge on any atom is 0.326 e. The number of nitro groups is 1. The molecule has 0 aliphatic carbocycles. The van der Waals surface area contributed by atoms with Gasteiger partial charge in [-0.2, -0.15) is 9.30 Å². The molecule has 0 bridgehead atoms. The Morgan fingerprint density at radius 3 is 2.69 bits per heavy atom. The van der Waals surface area contributed by atoms with Crippen molar-refractivity contribution in [3.63, 3.8) is 0 Å². The Morgan fingerprint density at radius 2 is 2.03 bits per heavy atom. The zero-order chi connectivity index (χ0) is 26.0. The first kappa shape index (κ1) is 26.4. The summed E-state index contributed by atoms with van der Waals surface area (Å²) in [4.78, 5) is 40.6. The van der Waals surface area contributed by atoms with Crippen LogP contribution in [-0.2, 0) is 30.9 Å². The Balaban J connectivity index is 1.77. The lowest BCUT2D eigenvalue weighted by Crippen LogP contribution is -2.47. The molecule has 1 atom stereocenters. The molecular formula is C21H21ClN4O7S3. The summed E-state index contributed by atoms with van der Waals surface area (Å²) in [5.74, 6) is -1.25. The number of thiazole rings is 1. The number of piperidine rings is 1. The summed E-state index contributed by atoms with van der Waals surface area (Å²) in [5, 5.41) is 11.2. The number of amides is 1. The first-order valence-corrected chi connectivity index (χ1v) is 14.4. The molecule has 0 saturated carbocycles. The lowest BCUT2D eigenvalue weighted by atomic mass is 10.0. The molecule has 192 valence electrons. The van der Waals surface area contributed by atoms with Gasteiger partial charge in [0.15, 0.2) is 4.80 Å². The number of rotatable bonds is 7. The molecule has 15 heteroatoms. The average Bonchev–Trinajstić information content (AvgIpc) is 3.42. The molecule has 11 nitrogen and oxygen atoms in total. The summed E-state index contributed by atoms with van der Waals surface area (Å²) in [7, 11) is -3.97. The van der Waals surface area contributed by atoms with Gasteiger partial charge in [-0.15, -0.1) is 11.3 Å². The van der Waals surface area contributed by atoms with E-state index in [4.69, 9.17) is 16.3 Å². The van der Waals surface area contributed by atoms with Gasteiger partial charge in [0.1, 0.15) is 16.8 Å². The molecule has 36 heavy (non-hydrogen) atoms. The van der Waals surface area contributed by atoms with Crippen molar-refractivity contribution in [3.8, 4) is 0 Å². The number of nitro benzene ring substituents is 1. The minimum Gasteiger partial charge on any atom is -0.465 e. The van der Waals surface area contributed by atoms with Gasteiger partial charge in [0, 0.05) is 18.7 Å². The van der Waals surface area contributed by atoms with E-state index >= 15 is 0 Å². The minimum atomic E-state index is -3.97. The third-order valence-electron chi connectivity index (χ3n) is 5.53. The second-order valence-electron chi connectivity index (χ2n) is 7.82. The number of ether oxygens (including phenoxy) is 1. The highest BCUT2D eigenvalue weighted by Gasteiger charge is 2.38. The third kappa shape index (κ3) is 5.37. The first-order valence-electron chi connectivity index (χ1n) is 10.9. The number of thiophene rings is 1. The highest BCUT2D eigenvalue weighted by atomic mass is 35.5. The molecule has 4 rings (SSSR count). The molecule has 1 unspecified atom stereocenters. The summed E-state index contributed by atoms with van der Waals surface area (Å²) in [5.41, 5.74) is 0.315. The van der Waals surface area contributed by atoms with Crippen molar-refractivity contribution in [1.29, 1.82) is 0 Å². The zero-order valence-electron chi connectivity index (χ0n) is 19.0. The van der Waals surface area contributed by atoms with E-state index < -0.39 is 32.9 Å². The molecular weight excluding hydrogens is 552 g/mol. The van der Waals surface area contributed by atoms with Crippen LogP contribution in [0.3, 0.4) is 0 Å². The fourth-order valence-electron chi connectivity index (χ4n) is 3.91. The quantitative estimate of drug-likeness (QED) is 0.239. The number of aromatic nitrogens is 1. The van der Waals surface area contributed by atoms with E-state index in [2.05, 4.69) is 4.99 Å². The average molecular weight is 573 g/mol. The van der Waals surface area contributed by atoms with Crippen LogP contribution in [0.1, 0.15) is 26.2 Å². The molecule has 0 spiro atoms. The van der Waals surface area contributed by atoms with Crippen LogP contribution in [0.4, 0.5) is 5.69 Å². The molecule has 2 aromatic heterocycles. The second-order valence-corrected chi connectivity index (χ2v) is 12.7. The molecule has 0 radical (unpaired) electrons. The van der Waals surface area contributed by atoms with Crippen molar-refractivity contribution in [2.45, 2.75) is 43.0 Å². The monoisotopic (exact) mass is 572 g/mol. The van der Waals surface area contributed by atoms with E-state index in [-0.39, 0.29) is 40.8 Å². The molecule has 1 aliphatic heterocycles. The lowest BCUT2D eigenvalue weighted by molar-refractivity contribution is -0.384. The van der Waals surface area contributed by atoms with Gasteiger partial charge in [0.05, 0.1) is 26.1 Å². The molecule has 0 N–H and O–H groups in total. The number of fused-ring (bicyclic) bond motifs is 1. The number of sulfonamides is 1. The molecule has 1 aromatic carbocycles. The smallest absolute Gasteiger partial charge is 0.326 e. The third-order valence-corrected chi connectivity index (χ3v) is 10.2. The van der Waals surface area contributed by atoms with Crippen molar-refractivity contribution < 1.29 is 27.7 Å². The summed E-state index contributed by atoms with van der Waals surface area (Å²) in [6.45, 7) is 1.70. The Kier molecular flexibility index (Phi) is 7.90. The fourth-order valence-corrected chi connectivity index (χ4v) is 8.24. The molecule has 3 aromatic rings. The SMILES string of the molecule is CCOC(=O)Cn1c(=NC(=O)C2CCCCN2S(=O)(=O)c2ccc(Cl)s2)sc2cc([N+](=O)[O-])ccc21. The zero-order valence-corrected chi connectivity index (χ0v) is 22.2. The molecule has 1 aliphatic rings. The van der Waals surface area contributed by atoms with Gasteiger partial charge < -0.3 is 9.30 Å². The highest BCUT2D eigenvalue weighted by Crippen LogP contribution is 2.32. The maximum absolute atomic E-state index is 13.4. The predicted molar refractivity (Wildman–Crippen MR) is 135 cm³/mol. The van der Waals surface area contributed by atoms with Crippen molar-refractivity contribution in [3.05, 3.63) is 49.6 Å². The fraction of sp³-hybridized carbons (Fsp3) is 0.381. The lowest BCUT2D eigenvalue weighted by Gasteiger charge is -2.31. The van der Waals surface area contributed by atoms with Crippen molar-refractivity contribution in [1.82, 2.24) is 8.87 Å². The van der Waals surface area contributed by atoms with Gasteiger partial charge in [-0.1, -0.05) is 29.4 Å². The topological polar surface area (TPSA) is 141 Å². The van der Waals surface area contributed by atoms with Gasteiger partial charge in [-0.05, 0) is 38.0 Å². The number of halogens is 1. The van der Waals surface area contributed by atoms with Crippen LogP contribution in [0.5, 0.6) is 0 Å². The first-order chi connectivity index (χ1) is 17.1. The van der Waals surface area contributed by atoms with Gasteiger partial charge >= 0.3 is 5.97 Å². The number of nitrogens with zero attached hydrogens (tertiary/aromatic N) is 4. The summed E-state index contributed by atoms with van der Waals surface area (Å²) >= 11 is 7.84. The van der Waals surface area contributed by atoms with Crippen LogP contribution in [0.2, 0.25) is 4.34 Å². The number of hydrogen-bond donors (Lipinski definition) is 0. The number of non-ortho nitro benzene ring substituents is 1. The Hall–Kier alpha value is -2.65. The molecule has 1 fully saturated rings. The van der Waals surface area contributed by atoms with Crippen LogP contribution >= 0.6 is 34.3 Å². The summed E-state index contributed by atoms with van der Waals surface area (Å²) in [6, 6.07) is 5.97. The van der Waals surface area contributed by atoms with E-state index in [9.17, 15) is 28.1 Å². The maximum atomic E-state index is 13.4. The number of carbonyl (C=O) groups is 2. The number of benzene rings is 1. The van der Waals surface area contributed by atoms with Crippen LogP contribution in [-0.4, -0.2) is 53.3 Å². The number of carbonyl (C=O) groups excluding carboxylic acids is 2. The largest absolute Gasteiger partial charge is 0.465 e. The van der Waals surface area contributed by atoms with Crippen LogP contribution in [0.15, 0.2) is 39.5 Å². The summed E-state index contributed by atoms with van der Waals surface area (Å²) < 4.78 is 34.9. The Labute approximate surface area is 218 Å². The van der Waals surface area contributed by atoms with Crippen LogP contribution in [0, 0.1) is 10.1 Å². The molecule has 1 saturated heterocycles. The normalized spacial score (nSPS) is 17.4. The van der Waals surface area contributed by atoms with Gasteiger partial charge in [0.25, 0.3) is 21.6 Å². The van der Waals surface area contributed by atoms with Crippen molar-refractivity contribution in [2.24, 2.45) is 4.99 Å².